The normalized spacial score (nSPS) is 10.0. The molecule has 0 bridgehead atoms. The van der Waals surface area contributed by atoms with Crippen molar-refractivity contribution in [3.8, 4) is 0 Å². The third kappa shape index (κ3) is 8.31. The maximum absolute atomic E-state index is 5.27. The van der Waals surface area contributed by atoms with Gasteiger partial charge in [0.1, 0.15) is 0 Å². The van der Waals surface area contributed by atoms with E-state index in [0.717, 1.165) is 19.6 Å². The van der Waals surface area contributed by atoms with Crippen LogP contribution in [0, 0.1) is 0 Å². The van der Waals surface area contributed by atoms with E-state index in [1.165, 1.54) is 12.2 Å². The molecule has 0 fully saturated rings. The molecule has 0 saturated heterocycles. The Morgan fingerprint density at radius 1 is 1.33 bits per heavy atom. The number of hydrogen-bond donors (Lipinski definition) is 0. The SMILES string of the molecule is CCCOCCCSC. The molecule has 0 N–H and O–H groups in total. The van der Waals surface area contributed by atoms with Crippen molar-refractivity contribution in [2.24, 2.45) is 0 Å². The second-order valence-corrected chi connectivity index (χ2v) is 2.94. The lowest BCUT2D eigenvalue weighted by atomic mass is 10.5. The quantitative estimate of drug-likeness (QED) is 0.534. The largest absolute Gasteiger partial charge is 0.381 e. The zero-order chi connectivity index (χ0) is 6.95. The fourth-order valence-electron chi connectivity index (χ4n) is 0.552. The lowest BCUT2D eigenvalue weighted by molar-refractivity contribution is 0.136. The van der Waals surface area contributed by atoms with Crippen LogP contribution < -0.4 is 0 Å². The van der Waals surface area contributed by atoms with E-state index in [4.69, 9.17) is 4.74 Å². The summed E-state index contributed by atoms with van der Waals surface area (Å²) in [5, 5.41) is 0. The molecule has 9 heavy (non-hydrogen) atoms. The first-order valence-corrected chi connectivity index (χ1v) is 4.88. The number of hydrogen-bond acceptors (Lipinski definition) is 2. The Bertz CT molecular complexity index is 42.2. The van der Waals surface area contributed by atoms with E-state index in [-0.39, 0.29) is 0 Å². The summed E-state index contributed by atoms with van der Waals surface area (Å²) in [5.74, 6) is 1.23. The molecule has 0 saturated carbocycles. The molecule has 2 heteroatoms. The van der Waals surface area contributed by atoms with Gasteiger partial charge in [0.2, 0.25) is 0 Å². The second-order valence-electron chi connectivity index (χ2n) is 1.96. The van der Waals surface area contributed by atoms with Crippen molar-refractivity contribution in [1.82, 2.24) is 0 Å². The van der Waals surface area contributed by atoms with E-state index in [0.29, 0.717) is 0 Å². The minimum Gasteiger partial charge on any atom is -0.381 e. The zero-order valence-electron chi connectivity index (χ0n) is 6.35. The van der Waals surface area contributed by atoms with Crippen molar-refractivity contribution in [3.63, 3.8) is 0 Å². The van der Waals surface area contributed by atoms with Gasteiger partial charge in [0, 0.05) is 13.2 Å². The molecule has 0 amide bonds. The van der Waals surface area contributed by atoms with Gasteiger partial charge in [-0.05, 0) is 24.9 Å². The molecule has 0 aliphatic carbocycles. The van der Waals surface area contributed by atoms with E-state index >= 15 is 0 Å². The van der Waals surface area contributed by atoms with Crippen LogP contribution in [0.25, 0.3) is 0 Å². The molecular weight excluding hydrogens is 132 g/mol. The molecule has 0 rings (SSSR count). The number of rotatable bonds is 6. The summed E-state index contributed by atoms with van der Waals surface area (Å²) in [6, 6.07) is 0. The van der Waals surface area contributed by atoms with Gasteiger partial charge in [-0.1, -0.05) is 6.92 Å². The second kappa shape index (κ2) is 8.31. The van der Waals surface area contributed by atoms with Crippen LogP contribution in [0.15, 0.2) is 0 Å². The molecule has 0 radical (unpaired) electrons. The molecule has 0 aromatic rings. The maximum Gasteiger partial charge on any atom is 0.0473 e. The molecule has 56 valence electrons. The van der Waals surface area contributed by atoms with Gasteiger partial charge in [0.15, 0.2) is 0 Å². The van der Waals surface area contributed by atoms with Crippen LogP contribution in [0.1, 0.15) is 19.8 Å². The monoisotopic (exact) mass is 148 g/mol. The Kier molecular flexibility index (Phi) is 8.60. The Hall–Kier alpha value is 0.310. The van der Waals surface area contributed by atoms with Crippen LogP contribution in [0.2, 0.25) is 0 Å². The molecule has 1 nitrogen and oxygen atoms in total. The highest BCUT2D eigenvalue weighted by molar-refractivity contribution is 7.98. The van der Waals surface area contributed by atoms with Gasteiger partial charge in [0.05, 0.1) is 0 Å². The first kappa shape index (κ1) is 9.31. The fraction of sp³-hybridized carbons (Fsp3) is 1.00. The summed E-state index contributed by atoms with van der Waals surface area (Å²) in [6.07, 6.45) is 4.46. The molecule has 0 aromatic carbocycles. The number of thioether (sulfide) groups is 1. The molecule has 0 atom stereocenters. The molecule has 0 heterocycles. The summed E-state index contributed by atoms with van der Waals surface area (Å²) >= 11 is 1.88. The summed E-state index contributed by atoms with van der Waals surface area (Å²) in [7, 11) is 0. The lowest BCUT2D eigenvalue weighted by Crippen LogP contribution is -1.96. The van der Waals surface area contributed by atoms with Crippen LogP contribution in [0.5, 0.6) is 0 Å². The Morgan fingerprint density at radius 3 is 2.67 bits per heavy atom. The lowest BCUT2D eigenvalue weighted by Gasteiger charge is -1.99. The third-order valence-corrected chi connectivity index (χ3v) is 1.68. The highest BCUT2D eigenvalue weighted by Gasteiger charge is 1.84. The van der Waals surface area contributed by atoms with Gasteiger partial charge < -0.3 is 4.74 Å². The Balaban J connectivity index is 2.60. The highest BCUT2D eigenvalue weighted by atomic mass is 32.2. The first-order valence-electron chi connectivity index (χ1n) is 3.48. The van der Waals surface area contributed by atoms with E-state index < -0.39 is 0 Å². The van der Waals surface area contributed by atoms with Gasteiger partial charge in [-0.2, -0.15) is 11.8 Å². The molecule has 0 aromatic heterocycles. The minimum absolute atomic E-state index is 0.925. The van der Waals surface area contributed by atoms with Gasteiger partial charge in [0.25, 0.3) is 0 Å². The predicted octanol–water partition coefficient (Wildman–Crippen LogP) is 2.17. The Labute approximate surface area is 62.2 Å². The average molecular weight is 148 g/mol. The zero-order valence-corrected chi connectivity index (χ0v) is 7.17. The van der Waals surface area contributed by atoms with Crippen molar-refractivity contribution >= 4 is 11.8 Å². The van der Waals surface area contributed by atoms with Crippen molar-refractivity contribution in [2.75, 3.05) is 25.2 Å². The minimum atomic E-state index is 0.925. The van der Waals surface area contributed by atoms with Crippen molar-refractivity contribution < 1.29 is 4.74 Å². The molecule has 0 aliphatic heterocycles. The van der Waals surface area contributed by atoms with Crippen LogP contribution in [-0.2, 0) is 4.74 Å². The standard InChI is InChI=1S/C7H16OS/c1-3-5-8-6-4-7-9-2/h3-7H2,1-2H3. The van der Waals surface area contributed by atoms with Gasteiger partial charge in [-0.25, -0.2) is 0 Å². The van der Waals surface area contributed by atoms with Gasteiger partial charge in [-0.15, -0.1) is 0 Å². The topological polar surface area (TPSA) is 9.23 Å². The smallest absolute Gasteiger partial charge is 0.0473 e. The first-order chi connectivity index (χ1) is 4.41. The molecular formula is C7H16OS. The van der Waals surface area contributed by atoms with Crippen LogP contribution in [-0.4, -0.2) is 25.2 Å². The summed E-state index contributed by atoms with van der Waals surface area (Å²) in [6.45, 7) is 4.00. The van der Waals surface area contributed by atoms with E-state index in [2.05, 4.69) is 13.2 Å². The number of ether oxygens (including phenoxy) is 1. The van der Waals surface area contributed by atoms with E-state index in [9.17, 15) is 0 Å². The average Bonchev–Trinajstić information content (AvgIpc) is 1.89. The predicted molar refractivity (Wildman–Crippen MR) is 44.1 cm³/mol. The molecule has 0 unspecified atom stereocenters. The fourth-order valence-corrected chi connectivity index (χ4v) is 0.958. The van der Waals surface area contributed by atoms with Gasteiger partial charge >= 0.3 is 0 Å². The summed E-state index contributed by atoms with van der Waals surface area (Å²) < 4.78 is 5.27. The van der Waals surface area contributed by atoms with Crippen LogP contribution in [0.4, 0.5) is 0 Å². The van der Waals surface area contributed by atoms with E-state index in [1.807, 2.05) is 11.8 Å². The molecule has 0 spiro atoms. The van der Waals surface area contributed by atoms with Crippen molar-refractivity contribution in [2.45, 2.75) is 19.8 Å². The van der Waals surface area contributed by atoms with E-state index in [1.54, 1.807) is 0 Å². The maximum atomic E-state index is 5.27. The molecule has 0 aliphatic rings. The van der Waals surface area contributed by atoms with Crippen molar-refractivity contribution in [1.29, 1.82) is 0 Å². The Morgan fingerprint density at radius 2 is 2.11 bits per heavy atom. The summed E-state index contributed by atoms with van der Waals surface area (Å²) in [5.41, 5.74) is 0. The van der Waals surface area contributed by atoms with Crippen LogP contribution >= 0.6 is 11.8 Å². The van der Waals surface area contributed by atoms with Crippen LogP contribution in [0.3, 0.4) is 0 Å². The third-order valence-electron chi connectivity index (χ3n) is 0.986. The highest BCUT2D eigenvalue weighted by Crippen LogP contribution is 1.95. The summed E-state index contributed by atoms with van der Waals surface area (Å²) in [4.78, 5) is 0. The van der Waals surface area contributed by atoms with Gasteiger partial charge in [-0.3, -0.25) is 0 Å². The van der Waals surface area contributed by atoms with Crippen molar-refractivity contribution in [3.05, 3.63) is 0 Å².